The fourth-order valence-electron chi connectivity index (χ4n) is 15.0. The van der Waals surface area contributed by atoms with Crippen LogP contribution in [0.1, 0.15) is 142 Å². The smallest absolute Gasteiger partial charge is 0.145 e. The Kier molecular flexibility index (Phi) is 5.19. The predicted molar refractivity (Wildman–Crippen MR) is 218 cm³/mol. The average molecular weight is 693 g/mol. The van der Waals surface area contributed by atoms with E-state index in [1.165, 1.54) is 141 Å². The zero-order valence-electron chi connectivity index (χ0n) is 31.6. The number of fused-ring (bicyclic) bond motifs is 9. The van der Waals surface area contributed by atoms with Gasteiger partial charge in [-0.3, -0.25) is 4.98 Å². The van der Waals surface area contributed by atoms with E-state index < -0.39 is 0 Å². The van der Waals surface area contributed by atoms with Crippen LogP contribution in [0.25, 0.3) is 70.8 Å². The van der Waals surface area contributed by atoms with Gasteiger partial charge in [-0.15, -0.1) is 0 Å². The van der Waals surface area contributed by atoms with Crippen molar-refractivity contribution in [2.45, 2.75) is 121 Å². The largest absolute Gasteiger partial charge is 0.455 e. The zero-order chi connectivity index (χ0) is 34.8. The lowest BCUT2D eigenvalue weighted by Gasteiger charge is -2.38. The van der Waals surface area contributed by atoms with Gasteiger partial charge >= 0.3 is 0 Å². The Morgan fingerprint density at radius 1 is 0.604 bits per heavy atom. The van der Waals surface area contributed by atoms with Crippen LogP contribution in [0.15, 0.2) is 53.1 Å². The zero-order valence-corrected chi connectivity index (χ0v) is 31.6. The quantitative estimate of drug-likeness (QED) is 0.117. The summed E-state index contributed by atoms with van der Waals surface area (Å²) >= 11 is 0. The molecule has 4 atom stereocenters. The average Bonchev–Trinajstić information content (AvgIpc) is 3.49. The molecule has 4 heterocycles. The Bertz CT molecular complexity index is 2940. The first kappa shape index (κ1) is 29.3. The molecule has 8 aliphatic rings. The maximum Gasteiger partial charge on any atom is 0.145 e. The maximum absolute atomic E-state index is 7.42. The molecule has 16 rings (SSSR count). The first-order chi connectivity index (χ1) is 25.8. The van der Waals surface area contributed by atoms with Crippen molar-refractivity contribution in [2.24, 2.45) is 23.7 Å². The lowest BCUT2D eigenvalue weighted by Crippen LogP contribution is -2.25. The minimum absolute atomic E-state index is 0.0406. The van der Waals surface area contributed by atoms with Crippen LogP contribution in [0.4, 0.5) is 0 Å². The Balaban J connectivity index is 1.23. The summed E-state index contributed by atoms with van der Waals surface area (Å²) in [6.07, 6.45) is 16.1. The summed E-state index contributed by atoms with van der Waals surface area (Å²) in [5.41, 5.74) is 15.7. The summed E-state index contributed by atoms with van der Waals surface area (Å²) in [6.45, 7) is 9.49. The Hall–Kier alpha value is -4.11. The number of hydrogen-bond acceptors (Lipinski definition) is 2. The van der Waals surface area contributed by atoms with Crippen LogP contribution >= 0.6 is 0 Å². The van der Waals surface area contributed by atoms with Gasteiger partial charge in [0.1, 0.15) is 11.2 Å². The number of rotatable bonds is 0. The number of nitrogens with zero attached hydrogens (tertiary/aromatic N) is 2. The molecule has 264 valence electrons. The van der Waals surface area contributed by atoms with Gasteiger partial charge in [0.15, 0.2) is 0 Å². The van der Waals surface area contributed by atoms with Crippen LogP contribution in [-0.4, -0.2) is 9.38 Å². The van der Waals surface area contributed by atoms with Crippen molar-refractivity contribution in [3.05, 3.63) is 82.2 Å². The number of pyridine rings is 1. The second-order valence-corrected chi connectivity index (χ2v) is 20.4. The third-order valence-corrected chi connectivity index (χ3v) is 16.4. The molecule has 0 N–H and O–H groups in total. The van der Waals surface area contributed by atoms with Gasteiger partial charge in [-0.2, -0.15) is 0 Å². The van der Waals surface area contributed by atoms with Crippen LogP contribution in [0.2, 0.25) is 0 Å². The van der Waals surface area contributed by atoms with Crippen LogP contribution < -0.4 is 0 Å². The van der Waals surface area contributed by atoms with Gasteiger partial charge in [-0.1, -0.05) is 45.0 Å². The van der Waals surface area contributed by atoms with Crippen molar-refractivity contribution >= 4 is 70.8 Å². The lowest BCUT2D eigenvalue weighted by molar-refractivity contribution is 0.165. The Morgan fingerprint density at radius 3 is 2.00 bits per heavy atom. The summed E-state index contributed by atoms with van der Waals surface area (Å²) < 4.78 is 10.1. The highest BCUT2D eigenvalue weighted by molar-refractivity contribution is 6.35. The van der Waals surface area contributed by atoms with Gasteiger partial charge in [0, 0.05) is 38.5 Å². The standard InChI is InChI=1S/C50H48N2O/c1-23-10-37-45(41-29-15-24-11-25(16-29)14-28(13-24)40(23)41)46-48-35(21-34-32-8-9-36(50(2,3)4)33-6-5-7-39(43(32)33)53-49(34)46)44-38(52(37)48)22-51-47-31-19-26-12-27(20-31)18-30(17-26)42(44)47/h5-10,21-22,24-31H,11-20H2,1-4H3. The Labute approximate surface area is 310 Å². The van der Waals surface area contributed by atoms with Gasteiger partial charge in [0.05, 0.1) is 28.1 Å². The normalized spacial score (nSPS) is 30.3. The van der Waals surface area contributed by atoms with E-state index in [1.54, 1.807) is 16.7 Å². The third kappa shape index (κ3) is 3.49. The third-order valence-electron chi connectivity index (χ3n) is 16.4. The van der Waals surface area contributed by atoms with E-state index in [4.69, 9.17) is 9.40 Å². The molecule has 4 unspecified atom stereocenters. The second kappa shape index (κ2) is 9.39. The lowest BCUT2D eigenvalue weighted by atomic mass is 9.67. The molecule has 53 heavy (non-hydrogen) atoms. The van der Waals surface area contributed by atoms with E-state index >= 15 is 0 Å². The highest BCUT2D eigenvalue weighted by atomic mass is 16.3. The Morgan fingerprint density at radius 2 is 1.28 bits per heavy atom. The summed E-state index contributed by atoms with van der Waals surface area (Å²) in [4.78, 5) is 5.54. The van der Waals surface area contributed by atoms with Crippen molar-refractivity contribution in [3.8, 4) is 0 Å². The topological polar surface area (TPSA) is 30.4 Å². The molecule has 4 saturated carbocycles. The summed E-state index contributed by atoms with van der Waals surface area (Å²) in [6, 6.07) is 16.9. The molecule has 4 aromatic heterocycles. The molecule has 0 saturated heterocycles. The molecule has 3 nitrogen and oxygen atoms in total. The van der Waals surface area contributed by atoms with Crippen molar-refractivity contribution in [1.29, 1.82) is 0 Å². The molecular formula is C50H48N2O. The minimum atomic E-state index is 0.0406. The second-order valence-electron chi connectivity index (χ2n) is 20.4. The van der Waals surface area contributed by atoms with Gasteiger partial charge in [0.25, 0.3) is 0 Å². The van der Waals surface area contributed by atoms with Crippen LogP contribution in [-0.2, 0) is 5.41 Å². The minimum Gasteiger partial charge on any atom is -0.455 e. The molecule has 0 amide bonds. The molecule has 3 heteroatoms. The van der Waals surface area contributed by atoms with Gasteiger partial charge in [-0.25, -0.2) is 0 Å². The number of benzene rings is 4. The molecule has 0 spiro atoms. The van der Waals surface area contributed by atoms with Gasteiger partial charge < -0.3 is 8.82 Å². The van der Waals surface area contributed by atoms with E-state index in [0.29, 0.717) is 23.7 Å². The molecule has 0 aliphatic heterocycles. The van der Waals surface area contributed by atoms with E-state index in [9.17, 15) is 0 Å². The number of hydrogen-bond donors (Lipinski definition) is 0. The fraction of sp³-hybridized carbons (Fsp3) is 0.460. The monoisotopic (exact) mass is 692 g/mol. The molecule has 8 aromatic rings. The number of aromatic nitrogens is 2. The summed E-state index contributed by atoms with van der Waals surface area (Å²) in [7, 11) is 0. The van der Waals surface area contributed by atoms with Crippen molar-refractivity contribution < 1.29 is 4.42 Å². The van der Waals surface area contributed by atoms with E-state index in [1.807, 2.05) is 0 Å². The predicted octanol–water partition coefficient (Wildman–Crippen LogP) is 13.7. The van der Waals surface area contributed by atoms with Crippen molar-refractivity contribution in [1.82, 2.24) is 9.38 Å². The molecule has 8 bridgehead atoms. The molecular weight excluding hydrogens is 645 g/mol. The highest BCUT2D eigenvalue weighted by Crippen LogP contribution is 2.62. The summed E-state index contributed by atoms with van der Waals surface area (Å²) in [5, 5.41) is 11.1. The van der Waals surface area contributed by atoms with Crippen LogP contribution in [0.5, 0.6) is 0 Å². The molecule has 4 fully saturated rings. The molecule has 4 aromatic carbocycles. The number of aryl methyl sites for hydroxylation is 1. The van der Waals surface area contributed by atoms with E-state index in [0.717, 1.165) is 34.8 Å². The first-order valence-electron chi connectivity index (χ1n) is 21.2. The van der Waals surface area contributed by atoms with E-state index in [2.05, 4.69) is 80.8 Å². The van der Waals surface area contributed by atoms with E-state index in [-0.39, 0.29) is 5.41 Å². The van der Waals surface area contributed by atoms with Crippen LogP contribution in [0, 0.1) is 30.6 Å². The molecule has 0 radical (unpaired) electrons. The van der Waals surface area contributed by atoms with Crippen molar-refractivity contribution in [2.75, 3.05) is 0 Å². The summed E-state index contributed by atoms with van der Waals surface area (Å²) in [5.74, 6) is 6.11. The van der Waals surface area contributed by atoms with Gasteiger partial charge in [-0.05, 0) is 175 Å². The first-order valence-corrected chi connectivity index (χ1v) is 21.2. The maximum atomic E-state index is 7.42. The highest BCUT2D eigenvalue weighted by Gasteiger charge is 2.46. The fourth-order valence-corrected chi connectivity index (χ4v) is 15.0. The van der Waals surface area contributed by atoms with Crippen molar-refractivity contribution in [3.63, 3.8) is 0 Å². The van der Waals surface area contributed by atoms with Gasteiger partial charge in [0.2, 0.25) is 0 Å². The molecule has 8 aliphatic carbocycles. The SMILES string of the molecule is Cc1cc2c(c3c1C1CC4CC(C1)CC3C4)c1c3oc4cccc5c(C(C)(C)C)ccc(c3cc3c6c7c(ncc6n2c31)C1CC2CC(C1)CC7C2)c45. The van der Waals surface area contributed by atoms with Crippen LogP contribution in [0.3, 0.4) is 0 Å².